The Labute approximate surface area is 106 Å². The average molecular weight is 243 g/mol. The summed E-state index contributed by atoms with van der Waals surface area (Å²) in [5.74, 6) is 0. The molecule has 3 rings (SSSR count). The number of hydrogen-bond donors (Lipinski definition) is 2. The highest BCUT2D eigenvalue weighted by atomic mass is 16.3. The van der Waals surface area contributed by atoms with Gasteiger partial charge in [0.25, 0.3) is 0 Å². The molecule has 2 N–H and O–H groups in total. The number of nitrogens with zero attached hydrogens (tertiary/aromatic N) is 2. The van der Waals surface area contributed by atoms with Crippen LogP contribution in [0.25, 0.3) is 10.9 Å². The molecule has 1 aromatic carbocycles. The minimum absolute atomic E-state index is 0.170. The van der Waals surface area contributed by atoms with E-state index in [9.17, 15) is 5.11 Å². The van der Waals surface area contributed by atoms with Crippen LogP contribution in [-0.4, -0.2) is 27.4 Å². The lowest BCUT2D eigenvalue weighted by Crippen LogP contribution is -2.39. The first-order valence-corrected chi connectivity index (χ1v) is 6.42. The molecule has 0 saturated heterocycles. The quantitative estimate of drug-likeness (QED) is 0.868. The van der Waals surface area contributed by atoms with Crippen LogP contribution in [0, 0.1) is 0 Å². The summed E-state index contributed by atoms with van der Waals surface area (Å²) in [6.45, 7) is 0.170. The summed E-state index contributed by atoms with van der Waals surface area (Å²) < 4.78 is 0. The van der Waals surface area contributed by atoms with Crippen molar-refractivity contribution in [2.75, 3.05) is 11.9 Å². The number of fused-ring (bicyclic) bond motifs is 1. The SMILES string of the molecule is OCC1(Nc2cnnc3ccccc23)CCCC1. The van der Waals surface area contributed by atoms with E-state index in [1.54, 1.807) is 6.20 Å². The number of aliphatic hydroxyl groups is 1. The van der Waals surface area contributed by atoms with Gasteiger partial charge in [0.05, 0.1) is 29.5 Å². The first kappa shape index (κ1) is 11.4. The first-order chi connectivity index (χ1) is 8.83. The summed E-state index contributed by atoms with van der Waals surface area (Å²) in [4.78, 5) is 0. The zero-order valence-corrected chi connectivity index (χ0v) is 10.3. The van der Waals surface area contributed by atoms with E-state index in [-0.39, 0.29) is 12.1 Å². The van der Waals surface area contributed by atoms with E-state index in [0.29, 0.717) is 0 Å². The number of hydrogen-bond acceptors (Lipinski definition) is 4. The fourth-order valence-corrected chi connectivity index (χ4v) is 2.77. The van der Waals surface area contributed by atoms with E-state index in [0.717, 1.165) is 29.4 Å². The van der Waals surface area contributed by atoms with Crippen LogP contribution in [0.2, 0.25) is 0 Å². The molecule has 1 aliphatic carbocycles. The maximum atomic E-state index is 9.65. The summed E-state index contributed by atoms with van der Waals surface area (Å²) >= 11 is 0. The Hall–Kier alpha value is -1.68. The predicted octanol–water partition coefficient (Wildman–Crippen LogP) is 2.35. The Morgan fingerprint density at radius 2 is 2.00 bits per heavy atom. The van der Waals surface area contributed by atoms with Gasteiger partial charge < -0.3 is 10.4 Å². The molecule has 0 amide bonds. The maximum absolute atomic E-state index is 9.65. The van der Waals surface area contributed by atoms with Crippen LogP contribution in [0.1, 0.15) is 25.7 Å². The molecule has 0 aliphatic heterocycles. The smallest absolute Gasteiger partial charge is 0.0950 e. The number of aliphatic hydroxyl groups excluding tert-OH is 1. The first-order valence-electron chi connectivity index (χ1n) is 6.42. The molecule has 94 valence electrons. The van der Waals surface area contributed by atoms with Crippen LogP contribution >= 0.6 is 0 Å². The molecule has 4 heteroatoms. The summed E-state index contributed by atoms with van der Waals surface area (Å²) in [6.07, 6.45) is 6.12. The molecule has 0 unspecified atom stereocenters. The lowest BCUT2D eigenvalue weighted by Gasteiger charge is -2.29. The van der Waals surface area contributed by atoms with Crippen molar-refractivity contribution in [1.29, 1.82) is 0 Å². The van der Waals surface area contributed by atoms with Gasteiger partial charge in [-0.3, -0.25) is 0 Å². The molecular formula is C14H17N3O. The number of rotatable bonds is 3. The molecule has 18 heavy (non-hydrogen) atoms. The third-order valence-electron chi connectivity index (χ3n) is 3.81. The average Bonchev–Trinajstić information content (AvgIpc) is 2.88. The third kappa shape index (κ3) is 1.93. The zero-order chi connectivity index (χ0) is 12.4. The summed E-state index contributed by atoms with van der Waals surface area (Å²) in [5.41, 5.74) is 1.68. The molecule has 1 saturated carbocycles. The Kier molecular flexibility index (Phi) is 2.88. The fraction of sp³-hybridized carbons (Fsp3) is 0.429. The van der Waals surface area contributed by atoms with Crippen LogP contribution in [0.5, 0.6) is 0 Å². The molecular weight excluding hydrogens is 226 g/mol. The van der Waals surface area contributed by atoms with Gasteiger partial charge in [0, 0.05) is 5.39 Å². The molecule has 1 aromatic heterocycles. The molecule has 2 aromatic rings. The van der Waals surface area contributed by atoms with E-state index in [2.05, 4.69) is 15.5 Å². The lowest BCUT2D eigenvalue weighted by atomic mass is 9.98. The van der Waals surface area contributed by atoms with Gasteiger partial charge in [-0.25, -0.2) is 0 Å². The summed E-state index contributed by atoms with van der Waals surface area (Å²) in [6, 6.07) is 7.94. The Balaban J connectivity index is 1.99. The van der Waals surface area contributed by atoms with Gasteiger partial charge in [0.1, 0.15) is 0 Å². The molecule has 4 nitrogen and oxygen atoms in total. The zero-order valence-electron chi connectivity index (χ0n) is 10.3. The maximum Gasteiger partial charge on any atom is 0.0950 e. The van der Waals surface area contributed by atoms with Crippen molar-refractivity contribution < 1.29 is 5.11 Å². The predicted molar refractivity (Wildman–Crippen MR) is 71.4 cm³/mol. The number of aromatic nitrogens is 2. The molecule has 0 atom stereocenters. The van der Waals surface area contributed by atoms with Gasteiger partial charge in [-0.2, -0.15) is 10.2 Å². The topological polar surface area (TPSA) is 58.0 Å². The summed E-state index contributed by atoms with van der Waals surface area (Å²) in [5, 5.41) is 22.3. The molecule has 1 fully saturated rings. The van der Waals surface area contributed by atoms with Crippen molar-refractivity contribution in [3.8, 4) is 0 Å². The van der Waals surface area contributed by atoms with Gasteiger partial charge in [-0.15, -0.1) is 0 Å². The number of benzene rings is 1. The number of nitrogens with one attached hydrogen (secondary N) is 1. The van der Waals surface area contributed by atoms with Gasteiger partial charge in [-0.05, 0) is 18.9 Å². The number of anilines is 1. The monoisotopic (exact) mass is 243 g/mol. The normalized spacial score (nSPS) is 18.1. The van der Waals surface area contributed by atoms with Crippen molar-refractivity contribution in [3.05, 3.63) is 30.5 Å². The molecule has 1 aliphatic rings. The molecule has 0 spiro atoms. The Morgan fingerprint density at radius 1 is 1.22 bits per heavy atom. The highest BCUT2D eigenvalue weighted by Crippen LogP contribution is 2.34. The molecule has 0 radical (unpaired) electrons. The highest BCUT2D eigenvalue weighted by molar-refractivity contribution is 5.90. The second-order valence-corrected chi connectivity index (χ2v) is 5.05. The fourth-order valence-electron chi connectivity index (χ4n) is 2.77. The van der Waals surface area contributed by atoms with E-state index in [4.69, 9.17) is 0 Å². The van der Waals surface area contributed by atoms with Crippen molar-refractivity contribution in [3.63, 3.8) is 0 Å². The Morgan fingerprint density at radius 3 is 2.78 bits per heavy atom. The van der Waals surface area contributed by atoms with Crippen molar-refractivity contribution in [2.24, 2.45) is 0 Å². The third-order valence-corrected chi connectivity index (χ3v) is 3.81. The highest BCUT2D eigenvalue weighted by Gasteiger charge is 2.33. The second kappa shape index (κ2) is 4.53. The largest absolute Gasteiger partial charge is 0.394 e. The van der Waals surface area contributed by atoms with Crippen molar-refractivity contribution in [2.45, 2.75) is 31.2 Å². The van der Waals surface area contributed by atoms with Crippen molar-refractivity contribution in [1.82, 2.24) is 10.2 Å². The van der Waals surface area contributed by atoms with Gasteiger partial charge in [0.2, 0.25) is 0 Å². The molecule has 0 bridgehead atoms. The van der Waals surface area contributed by atoms with E-state index < -0.39 is 0 Å². The van der Waals surface area contributed by atoms with Crippen LogP contribution in [0.3, 0.4) is 0 Å². The minimum Gasteiger partial charge on any atom is -0.394 e. The summed E-state index contributed by atoms with van der Waals surface area (Å²) in [7, 11) is 0. The van der Waals surface area contributed by atoms with Crippen LogP contribution in [0.15, 0.2) is 30.5 Å². The lowest BCUT2D eigenvalue weighted by molar-refractivity contribution is 0.214. The second-order valence-electron chi connectivity index (χ2n) is 5.05. The molecule has 1 heterocycles. The standard InChI is InChI=1S/C14H17N3O/c18-10-14(7-3-4-8-14)16-13-9-15-17-12-6-2-1-5-11(12)13/h1-2,5-6,9,18H,3-4,7-8,10H2,(H,16,17). The van der Waals surface area contributed by atoms with E-state index in [1.807, 2.05) is 24.3 Å². The van der Waals surface area contributed by atoms with Crippen LogP contribution in [-0.2, 0) is 0 Å². The van der Waals surface area contributed by atoms with Crippen molar-refractivity contribution >= 4 is 16.6 Å². The van der Waals surface area contributed by atoms with Crippen LogP contribution < -0.4 is 5.32 Å². The van der Waals surface area contributed by atoms with Gasteiger partial charge >= 0.3 is 0 Å². The Bertz CT molecular complexity index is 544. The van der Waals surface area contributed by atoms with E-state index >= 15 is 0 Å². The van der Waals surface area contributed by atoms with Gasteiger partial charge in [-0.1, -0.05) is 31.0 Å². The van der Waals surface area contributed by atoms with E-state index in [1.165, 1.54) is 12.8 Å². The van der Waals surface area contributed by atoms with Crippen LogP contribution in [0.4, 0.5) is 5.69 Å². The minimum atomic E-state index is -0.175. The van der Waals surface area contributed by atoms with Gasteiger partial charge in [0.15, 0.2) is 0 Å².